The number of ether oxygens (including phenoxy) is 2. The van der Waals surface area contributed by atoms with Crippen LogP contribution in [-0.2, 0) is 11.2 Å². The highest BCUT2D eigenvalue weighted by molar-refractivity contribution is 6.76. The third kappa shape index (κ3) is 7.46. The van der Waals surface area contributed by atoms with Crippen LogP contribution < -0.4 is 4.74 Å². The summed E-state index contributed by atoms with van der Waals surface area (Å²) in [6, 6.07) is 5.68. The van der Waals surface area contributed by atoms with E-state index < -0.39 is 8.07 Å². The smallest absolute Gasteiger partial charge is 0.189 e. The Morgan fingerprint density at radius 1 is 1.05 bits per heavy atom. The third-order valence-corrected chi connectivity index (χ3v) is 5.75. The highest BCUT2D eigenvalue weighted by Crippen LogP contribution is 2.25. The largest absolute Gasteiger partial charge is 0.467 e. The van der Waals surface area contributed by atoms with Crippen molar-refractivity contribution >= 4 is 8.07 Å². The van der Waals surface area contributed by atoms with Gasteiger partial charge in [-0.1, -0.05) is 45.5 Å². The van der Waals surface area contributed by atoms with Gasteiger partial charge in [-0.05, 0) is 55.5 Å². The Morgan fingerprint density at radius 2 is 1.77 bits per heavy atom. The maximum atomic E-state index is 5.87. The van der Waals surface area contributed by atoms with E-state index in [-0.39, 0.29) is 0 Å². The van der Waals surface area contributed by atoms with Crippen LogP contribution in [0.25, 0.3) is 0 Å². The van der Waals surface area contributed by atoms with Crippen LogP contribution in [0, 0.1) is 13.8 Å². The first kappa shape index (κ1) is 19.2. The van der Waals surface area contributed by atoms with Crippen LogP contribution in [0.2, 0.25) is 25.7 Å². The molecular weight excluding hydrogens is 288 g/mol. The highest BCUT2D eigenvalue weighted by atomic mass is 28.3. The highest BCUT2D eigenvalue weighted by Gasteiger charge is 2.12. The molecule has 0 aliphatic heterocycles. The van der Waals surface area contributed by atoms with E-state index in [2.05, 4.69) is 52.5 Å². The molecule has 2 nitrogen and oxygen atoms in total. The van der Waals surface area contributed by atoms with Crippen molar-refractivity contribution in [3.05, 3.63) is 28.8 Å². The minimum absolute atomic E-state index is 0.364. The molecule has 3 heteroatoms. The molecule has 0 aliphatic carbocycles. The van der Waals surface area contributed by atoms with Crippen molar-refractivity contribution in [2.24, 2.45) is 0 Å². The fraction of sp³-hybridized carbons (Fsp3) is 0.684. The predicted octanol–water partition coefficient (Wildman–Crippen LogP) is 5.73. The standard InChI is InChI=1S/C19H34O2Si/c1-7-8-9-10-18-13-16(2)17(3)19(14-18)21-15-20-11-12-22(4,5)6/h13-14H,7-12,15H2,1-6H3. The third-order valence-electron chi connectivity index (χ3n) is 4.04. The summed E-state index contributed by atoms with van der Waals surface area (Å²) < 4.78 is 11.5. The number of benzene rings is 1. The molecule has 0 atom stereocenters. The van der Waals surface area contributed by atoms with Crippen molar-refractivity contribution in [1.82, 2.24) is 0 Å². The van der Waals surface area contributed by atoms with E-state index in [1.807, 2.05) is 0 Å². The minimum atomic E-state index is -1.01. The van der Waals surface area contributed by atoms with Crippen LogP contribution in [0.3, 0.4) is 0 Å². The summed E-state index contributed by atoms with van der Waals surface area (Å²) in [6.45, 7) is 14.8. The van der Waals surface area contributed by atoms with E-state index in [9.17, 15) is 0 Å². The molecule has 126 valence electrons. The fourth-order valence-electron chi connectivity index (χ4n) is 2.31. The normalized spacial score (nSPS) is 11.7. The van der Waals surface area contributed by atoms with Gasteiger partial charge in [-0.2, -0.15) is 0 Å². The summed E-state index contributed by atoms with van der Waals surface area (Å²) in [5, 5.41) is 0. The lowest BCUT2D eigenvalue weighted by Gasteiger charge is -2.17. The summed E-state index contributed by atoms with van der Waals surface area (Å²) in [5.74, 6) is 0.986. The second-order valence-electron chi connectivity index (χ2n) is 7.47. The number of rotatable bonds is 10. The van der Waals surface area contributed by atoms with Gasteiger partial charge in [0.15, 0.2) is 6.79 Å². The van der Waals surface area contributed by atoms with Crippen molar-refractivity contribution in [2.45, 2.75) is 72.1 Å². The zero-order valence-electron chi connectivity index (χ0n) is 15.4. The zero-order chi connectivity index (χ0) is 16.6. The molecule has 0 bridgehead atoms. The summed E-state index contributed by atoms with van der Waals surface area (Å²) >= 11 is 0. The first-order valence-electron chi connectivity index (χ1n) is 8.64. The predicted molar refractivity (Wildman–Crippen MR) is 98.7 cm³/mol. The summed E-state index contributed by atoms with van der Waals surface area (Å²) in [5.41, 5.74) is 3.92. The minimum Gasteiger partial charge on any atom is -0.467 e. The Kier molecular flexibility index (Phi) is 8.19. The molecule has 22 heavy (non-hydrogen) atoms. The SMILES string of the molecule is CCCCCc1cc(C)c(C)c(OCOCC[Si](C)(C)C)c1. The van der Waals surface area contributed by atoms with Crippen LogP contribution >= 0.6 is 0 Å². The topological polar surface area (TPSA) is 18.5 Å². The van der Waals surface area contributed by atoms with E-state index >= 15 is 0 Å². The number of hydrogen-bond acceptors (Lipinski definition) is 2. The number of unbranched alkanes of at least 4 members (excludes halogenated alkanes) is 2. The Hall–Kier alpha value is -0.803. The van der Waals surface area contributed by atoms with E-state index in [0.717, 1.165) is 18.8 Å². The molecule has 0 saturated carbocycles. The van der Waals surface area contributed by atoms with Crippen LogP contribution in [0.1, 0.15) is 42.9 Å². The van der Waals surface area contributed by atoms with Crippen LogP contribution in [0.4, 0.5) is 0 Å². The molecule has 0 aromatic heterocycles. The quantitative estimate of drug-likeness (QED) is 0.311. The van der Waals surface area contributed by atoms with Gasteiger partial charge < -0.3 is 9.47 Å². The van der Waals surface area contributed by atoms with Gasteiger partial charge in [0.25, 0.3) is 0 Å². The molecule has 0 heterocycles. The molecule has 0 amide bonds. The summed E-state index contributed by atoms with van der Waals surface area (Å²) in [4.78, 5) is 0. The maximum Gasteiger partial charge on any atom is 0.189 e. The second-order valence-corrected chi connectivity index (χ2v) is 13.1. The summed E-state index contributed by atoms with van der Waals surface area (Å²) in [6.07, 6.45) is 4.95. The Balaban J connectivity index is 2.50. The maximum absolute atomic E-state index is 5.87. The van der Waals surface area contributed by atoms with Crippen LogP contribution in [-0.4, -0.2) is 21.5 Å². The monoisotopic (exact) mass is 322 g/mol. The van der Waals surface area contributed by atoms with Gasteiger partial charge in [0.05, 0.1) is 0 Å². The van der Waals surface area contributed by atoms with Gasteiger partial charge >= 0.3 is 0 Å². The molecule has 0 saturated heterocycles. The molecule has 0 fully saturated rings. The second kappa shape index (κ2) is 9.36. The lowest BCUT2D eigenvalue weighted by Crippen LogP contribution is -2.22. The number of hydrogen-bond donors (Lipinski definition) is 0. The first-order valence-corrected chi connectivity index (χ1v) is 12.3. The molecule has 0 N–H and O–H groups in total. The number of aryl methyl sites for hydroxylation is 2. The summed E-state index contributed by atoms with van der Waals surface area (Å²) in [7, 11) is -1.01. The molecule has 0 radical (unpaired) electrons. The molecule has 0 spiro atoms. The lowest BCUT2D eigenvalue weighted by molar-refractivity contribution is 0.0216. The van der Waals surface area contributed by atoms with Gasteiger partial charge in [-0.25, -0.2) is 0 Å². The van der Waals surface area contributed by atoms with E-state index in [1.165, 1.54) is 42.0 Å². The Labute approximate surface area is 138 Å². The van der Waals surface area contributed by atoms with Crippen molar-refractivity contribution in [3.63, 3.8) is 0 Å². The van der Waals surface area contributed by atoms with E-state index in [4.69, 9.17) is 9.47 Å². The van der Waals surface area contributed by atoms with Gasteiger partial charge in [0, 0.05) is 14.7 Å². The average Bonchev–Trinajstić information content (AvgIpc) is 2.42. The molecule has 1 aromatic rings. The molecule has 0 aliphatic rings. The fourth-order valence-corrected chi connectivity index (χ4v) is 3.07. The van der Waals surface area contributed by atoms with Gasteiger partial charge in [-0.15, -0.1) is 0 Å². The van der Waals surface area contributed by atoms with Gasteiger partial charge in [-0.3, -0.25) is 0 Å². The Bertz CT molecular complexity index is 449. The van der Waals surface area contributed by atoms with E-state index in [0.29, 0.717) is 6.79 Å². The van der Waals surface area contributed by atoms with Gasteiger partial charge in [0.2, 0.25) is 0 Å². The zero-order valence-corrected chi connectivity index (χ0v) is 16.4. The van der Waals surface area contributed by atoms with Crippen molar-refractivity contribution in [2.75, 3.05) is 13.4 Å². The van der Waals surface area contributed by atoms with Gasteiger partial charge in [0.1, 0.15) is 5.75 Å². The van der Waals surface area contributed by atoms with Crippen molar-refractivity contribution in [3.8, 4) is 5.75 Å². The van der Waals surface area contributed by atoms with Crippen molar-refractivity contribution < 1.29 is 9.47 Å². The lowest BCUT2D eigenvalue weighted by atomic mass is 10.0. The first-order chi connectivity index (χ1) is 10.3. The molecule has 1 rings (SSSR count). The molecular formula is C19H34O2Si. The molecule has 1 aromatic carbocycles. The van der Waals surface area contributed by atoms with Crippen LogP contribution in [0.5, 0.6) is 5.75 Å². The average molecular weight is 323 g/mol. The van der Waals surface area contributed by atoms with Crippen LogP contribution in [0.15, 0.2) is 12.1 Å². The van der Waals surface area contributed by atoms with Crippen molar-refractivity contribution in [1.29, 1.82) is 0 Å². The van der Waals surface area contributed by atoms with E-state index in [1.54, 1.807) is 0 Å². The Morgan fingerprint density at radius 3 is 2.41 bits per heavy atom. The molecule has 0 unspecified atom stereocenters.